The third-order valence-corrected chi connectivity index (χ3v) is 7.18. The number of hydrogen-bond donors (Lipinski definition) is 2. The predicted molar refractivity (Wildman–Crippen MR) is 110 cm³/mol. The predicted octanol–water partition coefficient (Wildman–Crippen LogP) is 5.35. The number of hydrogen-bond acceptors (Lipinski definition) is 6. The number of aromatic nitrogens is 1. The van der Waals surface area contributed by atoms with Crippen LogP contribution < -0.4 is 0 Å². The zero-order valence-corrected chi connectivity index (χ0v) is 18.3. The number of nitrogens with zero attached hydrogens (tertiary/aromatic N) is 1. The van der Waals surface area contributed by atoms with Crippen molar-refractivity contribution in [3.05, 3.63) is 23.2 Å². The van der Waals surface area contributed by atoms with Crippen LogP contribution in [0.4, 0.5) is 13.2 Å². The zero-order valence-electron chi connectivity index (χ0n) is 16.7. The van der Waals surface area contributed by atoms with Gasteiger partial charge in [-0.1, -0.05) is 23.9 Å². The van der Waals surface area contributed by atoms with E-state index >= 15 is 0 Å². The Hall–Kier alpha value is -1.39. The van der Waals surface area contributed by atoms with Crippen LogP contribution in [0.25, 0.3) is 0 Å². The number of allylic oxidation sites excluding steroid dienone is 1. The fourth-order valence-corrected chi connectivity index (χ4v) is 5.40. The summed E-state index contributed by atoms with van der Waals surface area (Å²) in [4.78, 5) is 27.1. The summed E-state index contributed by atoms with van der Waals surface area (Å²) in [6.07, 6.45) is 0.608. The number of carbonyl (C=O) groups is 2. The number of thioether (sulfide) groups is 1. The lowest BCUT2D eigenvalue weighted by molar-refractivity contribution is -0.137. The number of carbonyl (C=O) groups excluding carboxylic acids is 1. The van der Waals surface area contributed by atoms with E-state index < -0.39 is 24.2 Å². The van der Waals surface area contributed by atoms with E-state index in [4.69, 9.17) is 5.11 Å². The van der Waals surface area contributed by atoms with Crippen LogP contribution in [0.2, 0.25) is 0 Å². The van der Waals surface area contributed by atoms with E-state index in [0.717, 1.165) is 6.42 Å². The second-order valence-corrected chi connectivity index (χ2v) is 10.0. The number of halogens is 3. The first-order valence-electron chi connectivity index (χ1n) is 9.77. The maximum atomic E-state index is 12.3. The molecule has 0 aromatic carbocycles. The smallest absolute Gasteiger partial charge is 0.389 e. The summed E-state index contributed by atoms with van der Waals surface area (Å²) in [5, 5.41) is 20.7. The monoisotopic (exact) mass is 465 g/mol. The molecule has 0 amide bonds. The molecule has 0 saturated heterocycles. The largest absolute Gasteiger partial charge is 0.476 e. The number of Topliss-reactive ketones (excluding diaryl/α,β-unsaturated/α-hetero) is 1. The summed E-state index contributed by atoms with van der Waals surface area (Å²) in [7, 11) is 0. The molecule has 1 fully saturated rings. The fourth-order valence-electron chi connectivity index (χ4n) is 3.50. The number of carboxylic acid groups (broad SMARTS) is 1. The summed E-state index contributed by atoms with van der Waals surface area (Å²) < 4.78 is 37.4. The van der Waals surface area contributed by atoms with Gasteiger partial charge in [-0.15, -0.1) is 11.3 Å². The van der Waals surface area contributed by atoms with Crippen LogP contribution in [0.15, 0.2) is 21.9 Å². The molecule has 0 bridgehead atoms. The minimum Gasteiger partial charge on any atom is -0.476 e. The lowest BCUT2D eigenvalue weighted by Gasteiger charge is -2.22. The highest BCUT2D eigenvalue weighted by Crippen LogP contribution is 2.35. The van der Waals surface area contributed by atoms with Crippen LogP contribution in [0.5, 0.6) is 0 Å². The molecule has 2 rings (SSSR count). The number of alkyl halides is 3. The Morgan fingerprint density at radius 3 is 2.77 bits per heavy atom. The maximum absolute atomic E-state index is 12.3. The van der Waals surface area contributed by atoms with Crippen LogP contribution in [-0.4, -0.2) is 44.5 Å². The molecule has 1 saturated carbocycles. The number of rotatable bonds is 11. The first-order valence-corrected chi connectivity index (χ1v) is 11.6. The zero-order chi connectivity index (χ0) is 22.4. The molecule has 1 aliphatic carbocycles. The van der Waals surface area contributed by atoms with E-state index in [1.165, 1.54) is 35.4 Å². The molecule has 10 heteroatoms. The Bertz CT molecular complexity index is 761. The summed E-state index contributed by atoms with van der Waals surface area (Å²) in [5.74, 6) is -0.323. The van der Waals surface area contributed by atoms with Gasteiger partial charge in [0, 0.05) is 29.9 Å². The van der Waals surface area contributed by atoms with Crippen molar-refractivity contribution < 1.29 is 33.0 Å². The summed E-state index contributed by atoms with van der Waals surface area (Å²) in [6, 6.07) is 0. The van der Waals surface area contributed by atoms with Crippen molar-refractivity contribution in [1.82, 2.24) is 4.98 Å². The van der Waals surface area contributed by atoms with Gasteiger partial charge in [-0.2, -0.15) is 13.2 Å². The number of ketones is 1. The summed E-state index contributed by atoms with van der Waals surface area (Å²) >= 11 is 2.68. The van der Waals surface area contributed by atoms with Gasteiger partial charge >= 0.3 is 12.1 Å². The molecule has 5 nitrogen and oxygen atoms in total. The maximum Gasteiger partial charge on any atom is 0.389 e. The SMILES string of the molecule is C[C@@](O)(C/C=C/[C@@H]1CCC(=O)[C@@H]1CCSc1nc(C(=O)O)cs1)CCCC(F)(F)F. The standard InChI is InChI=1S/C20H26F3NO4S2/c1-19(28,9-3-10-20(21,22)23)8-2-4-13-5-6-16(25)14(13)7-11-29-18-24-15(12-30-18)17(26)27/h2,4,12-14,28H,3,5-11H2,1H3,(H,26,27)/b4-2+/t13-,14-,19-/m1/s1. The van der Waals surface area contributed by atoms with Gasteiger partial charge in [0.25, 0.3) is 0 Å². The third-order valence-electron chi connectivity index (χ3n) is 5.13. The Morgan fingerprint density at radius 1 is 1.40 bits per heavy atom. The van der Waals surface area contributed by atoms with E-state index in [1.807, 2.05) is 6.08 Å². The van der Waals surface area contributed by atoms with Crippen LogP contribution in [-0.2, 0) is 4.79 Å². The average Bonchev–Trinajstić information content (AvgIpc) is 3.22. The molecule has 30 heavy (non-hydrogen) atoms. The average molecular weight is 466 g/mol. The molecular weight excluding hydrogens is 439 g/mol. The van der Waals surface area contributed by atoms with Crippen LogP contribution in [0, 0.1) is 11.8 Å². The quantitative estimate of drug-likeness (QED) is 0.338. The molecule has 1 aromatic heterocycles. The van der Waals surface area contributed by atoms with Crippen LogP contribution >= 0.6 is 23.1 Å². The highest BCUT2D eigenvalue weighted by atomic mass is 32.2. The van der Waals surface area contributed by atoms with Crippen molar-refractivity contribution in [2.24, 2.45) is 11.8 Å². The van der Waals surface area contributed by atoms with Gasteiger partial charge in [0.1, 0.15) is 5.78 Å². The first kappa shape index (κ1) is 24.9. The van der Waals surface area contributed by atoms with Gasteiger partial charge in [0.15, 0.2) is 10.0 Å². The van der Waals surface area contributed by atoms with Crippen molar-refractivity contribution in [1.29, 1.82) is 0 Å². The second kappa shape index (κ2) is 10.8. The molecular formula is C20H26F3NO4S2. The summed E-state index contributed by atoms with van der Waals surface area (Å²) in [5.41, 5.74) is -1.19. The molecule has 0 aliphatic heterocycles. The number of aliphatic hydroxyl groups is 1. The molecule has 2 N–H and O–H groups in total. The van der Waals surface area contributed by atoms with Crippen molar-refractivity contribution in [2.75, 3.05) is 5.75 Å². The van der Waals surface area contributed by atoms with E-state index in [2.05, 4.69) is 4.98 Å². The molecule has 1 aromatic rings. The Kier molecular flexibility index (Phi) is 8.93. The van der Waals surface area contributed by atoms with Crippen molar-refractivity contribution in [3.63, 3.8) is 0 Å². The van der Waals surface area contributed by atoms with E-state index in [9.17, 15) is 27.9 Å². The molecule has 1 aliphatic rings. The summed E-state index contributed by atoms with van der Waals surface area (Å²) in [6.45, 7) is 1.53. The van der Waals surface area contributed by atoms with Crippen molar-refractivity contribution in [2.45, 2.75) is 68.0 Å². The lowest BCUT2D eigenvalue weighted by atomic mass is 9.90. The molecule has 168 valence electrons. The van der Waals surface area contributed by atoms with Gasteiger partial charge in [0.05, 0.1) is 5.60 Å². The number of aromatic carboxylic acids is 1. The second-order valence-electron chi connectivity index (χ2n) is 7.81. The van der Waals surface area contributed by atoms with E-state index in [0.29, 0.717) is 22.9 Å². The van der Waals surface area contributed by atoms with Gasteiger partial charge in [-0.3, -0.25) is 4.79 Å². The lowest BCUT2D eigenvalue weighted by Crippen LogP contribution is -2.24. The van der Waals surface area contributed by atoms with Gasteiger partial charge < -0.3 is 10.2 Å². The Labute approximate surface area is 181 Å². The first-order chi connectivity index (χ1) is 14.0. The van der Waals surface area contributed by atoms with E-state index in [1.54, 1.807) is 6.08 Å². The third kappa shape index (κ3) is 8.39. The van der Waals surface area contributed by atoms with Crippen molar-refractivity contribution >= 4 is 34.9 Å². The van der Waals surface area contributed by atoms with Crippen molar-refractivity contribution in [3.8, 4) is 0 Å². The highest BCUT2D eigenvalue weighted by molar-refractivity contribution is 8.01. The number of thiazole rings is 1. The van der Waals surface area contributed by atoms with Gasteiger partial charge in [-0.05, 0) is 44.9 Å². The molecule has 0 spiro atoms. The molecule has 1 heterocycles. The highest BCUT2D eigenvalue weighted by Gasteiger charge is 2.33. The Morgan fingerprint density at radius 2 is 2.13 bits per heavy atom. The topological polar surface area (TPSA) is 87.5 Å². The van der Waals surface area contributed by atoms with Gasteiger partial charge in [-0.25, -0.2) is 9.78 Å². The molecule has 0 radical (unpaired) electrons. The minimum atomic E-state index is -4.21. The van der Waals surface area contributed by atoms with Crippen LogP contribution in [0.3, 0.4) is 0 Å². The normalized spacial score (nSPS) is 22.0. The minimum absolute atomic E-state index is 0.0162. The van der Waals surface area contributed by atoms with E-state index in [-0.39, 0.29) is 42.6 Å². The van der Waals surface area contributed by atoms with Gasteiger partial charge in [0.2, 0.25) is 0 Å². The molecule has 3 atom stereocenters. The Balaban J connectivity index is 1.79. The molecule has 0 unspecified atom stereocenters. The fraction of sp³-hybridized carbons (Fsp3) is 0.650. The number of carboxylic acids is 1. The van der Waals surface area contributed by atoms with Crippen LogP contribution in [0.1, 0.15) is 62.4 Å².